The molecule has 1 aromatic heterocycles. The predicted octanol–water partition coefficient (Wildman–Crippen LogP) is 5.23. The van der Waals surface area contributed by atoms with Crippen molar-refractivity contribution in [3.63, 3.8) is 0 Å². The van der Waals surface area contributed by atoms with Crippen molar-refractivity contribution in [2.24, 2.45) is 0 Å². The Bertz CT molecular complexity index is 709. The first kappa shape index (κ1) is 14.9. The highest BCUT2D eigenvalue weighted by molar-refractivity contribution is 8.00. The summed E-state index contributed by atoms with van der Waals surface area (Å²) in [6.07, 6.45) is 6.46. The molecule has 0 spiro atoms. The fourth-order valence-corrected chi connectivity index (χ4v) is 4.37. The third-order valence-electron chi connectivity index (χ3n) is 4.69. The van der Waals surface area contributed by atoms with Gasteiger partial charge in [0.1, 0.15) is 5.78 Å². The molecule has 0 N–H and O–H groups in total. The Morgan fingerprint density at radius 2 is 1.78 bits per heavy atom. The van der Waals surface area contributed by atoms with E-state index < -0.39 is 0 Å². The molecule has 0 bridgehead atoms. The van der Waals surface area contributed by atoms with Crippen LogP contribution in [0.5, 0.6) is 0 Å². The molecule has 0 aliphatic heterocycles. The third-order valence-corrected chi connectivity index (χ3v) is 5.92. The molecule has 2 aliphatic carbocycles. The van der Waals surface area contributed by atoms with Crippen LogP contribution in [-0.2, 0) is 4.79 Å². The van der Waals surface area contributed by atoms with Gasteiger partial charge in [-0.25, -0.2) is 4.98 Å². The summed E-state index contributed by atoms with van der Waals surface area (Å²) in [4.78, 5) is 17.0. The van der Waals surface area contributed by atoms with Gasteiger partial charge in [0.05, 0.1) is 10.3 Å². The van der Waals surface area contributed by atoms with E-state index in [1.807, 2.05) is 6.07 Å². The minimum Gasteiger partial charge on any atom is -0.298 e. The van der Waals surface area contributed by atoms with Crippen LogP contribution < -0.4 is 0 Å². The van der Waals surface area contributed by atoms with Crippen molar-refractivity contribution in [3.8, 4) is 11.1 Å². The number of ketones is 1. The van der Waals surface area contributed by atoms with Crippen molar-refractivity contribution in [2.45, 2.75) is 54.7 Å². The quantitative estimate of drug-likeness (QED) is 0.771. The molecule has 2 fully saturated rings. The van der Waals surface area contributed by atoms with Crippen LogP contribution in [0.25, 0.3) is 11.1 Å². The highest BCUT2D eigenvalue weighted by Gasteiger charge is 2.28. The third kappa shape index (κ3) is 3.50. The number of nitrogens with zero attached hydrogens (tertiary/aromatic N) is 1. The molecule has 4 rings (SSSR count). The van der Waals surface area contributed by atoms with Gasteiger partial charge < -0.3 is 0 Å². The zero-order chi connectivity index (χ0) is 15.6. The molecule has 0 saturated heterocycles. The SMILES string of the molecule is O=C1CCCCC1Sc1cc(-c2ccccc2)cc(C2CC2)n1. The van der Waals surface area contributed by atoms with Crippen LogP contribution >= 0.6 is 11.8 Å². The van der Waals surface area contributed by atoms with E-state index in [0.29, 0.717) is 11.7 Å². The normalized spacial score (nSPS) is 21.4. The van der Waals surface area contributed by atoms with Gasteiger partial charge in [0.2, 0.25) is 0 Å². The second-order valence-electron chi connectivity index (χ2n) is 6.58. The first-order valence-electron chi connectivity index (χ1n) is 8.56. The minimum atomic E-state index is 0.106. The van der Waals surface area contributed by atoms with Crippen LogP contribution in [-0.4, -0.2) is 16.0 Å². The van der Waals surface area contributed by atoms with Gasteiger partial charge in [-0.3, -0.25) is 4.79 Å². The molecule has 2 aromatic rings. The molecule has 1 aromatic carbocycles. The first-order chi connectivity index (χ1) is 11.3. The maximum atomic E-state index is 12.1. The van der Waals surface area contributed by atoms with E-state index in [2.05, 4.69) is 36.4 Å². The van der Waals surface area contributed by atoms with Crippen LogP contribution in [0.15, 0.2) is 47.5 Å². The molecule has 118 valence electrons. The molecule has 2 nitrogen and oxygen atoms in total. The molecular weight excluding hydrogens is 302 g/mol. The first-order valence-corrected chi connectivity index (χ1v) is 9.44. The molecule has 3 heteroatoms. The zero-order valence-corrected chi connectivity index (χ0v) is 14.0. The molecule has 2 aliphatic rings. The van der Waals surface area contributed by atoms with Crippen LogP contribution in [0.3, 0.4) is 0 Å². The van der Waals surface area contributed by atoms with Crippen LogP contribution in [0, 0.1) is 0 Å². The Morgan fingerprint density at radius 1 is 0.957 bits per heavy atom. The van der Waals surface area contributed by atoms with Crippen molar-refractivity contribution in [1.29, 1.82) is 0 Å². The van der Waals surface area contributed by atoms with Crippen molar-refractivity contribution < 1.29 is 4.79 Å². The Morgan fingerprint density at radius 3 is 2.52 bits per heavy atom. The number of carbonyl (C=O) groups is 1. The summed E-state index contributed by atoms with van der Waals surface area (Å²) in [5.41, 5.74) is 3.67. The zero-order valence-electron chi connectivity index (χ0n) is 13.2. The van der Waals surface area contributed by atoms with Crippen molar-refractivity contribution in [2.75, 3.05) is 0 Å². The van der Waals surface area contributed by atoms with Gasteiger partial charge in [0.15, 0.2) is 0 Å². The maximum absolute atomic E-state index is 12.1. The number of aromatic nitrogens is 1. The Balaban J connectivity index is 1.65. The van der Waals surface area contributed by atoms with Crippen molar-refractivity contribution >= 4 is 17.5 Å². The van der Waals surface area contributed by atoms with Crippen LogP contribution in [0.4, 0.5) is 0 Å². The van der Waals surface area contributed by atoms with Crippen molar-refractivity contribution in [3.05, 3.63) is 48.2 Å². The molecule has 0 radical (unpaired) electrons. The second-order valence-corrected chi connectivity index (χ2v) is 7.80. The Kier molecular flexibility index (Phi) is 4.21. The smallest absolute Gasteiger partial charge is 0.146 e. The largest absolute Gasteiger partial charge is 0.298 e. The van der Waals surface area contributed by atoms with E-state index in [1.165, 1.54) is 29.7 Å². The van der Waals surface area contributed by atoms with E-state index in [1.54, 1.807) is 11.8 Å². The minimum absolute atomic E-state index is 0.106. The monoisotopic (exact) mass is 323 g/mol. The number of benzene rings is 1. The molecular formula is C20H21NOS. The maximum Gasteiger partial charge on any atom is 0.146 e. The lowest BCUT2D eigenvalue weighted by Crippen LogP contribution is -2.21. The van der Waals surface area contributed by atoms with E-state index in [4.69, 9.17) is 4.98 Å². The Labute approximate surface area is 141 Å². The Hall–Kier alpha value is -1.61. The van der Waals surface area contributed by atoms with Crippen LogP contribution in [0.2, 0.25) is 0 Å². The van der Waals surface area contributed by atoms with E-state index >= 15 is 0 Å². The molecule has 1 atom stereocenters. The molecule has 23 heavy (non-hydrogen) atoms. The van der Waals surface area contributed by atoms with Gasteiger partial charge >= 0.3 is 0 Å². The van der Waals surface area contributed by atoms with Crippen LogP contribution in [0.1, 0.15) is 50.1 Å². The number of pyridine rings is 1. The second kappa shape index (κ2) is 6.48. The summed E-state index contributed by atoms with van der Waals surface area (Å²) in [6, 6.07) is 14.9. The number of rotatable bonds is 4. The highest BCUT2D eigenvalue weighted by Crippen LogP contribution is 2.42. The summed E-state index contributed by atoms with van der Waals surface area (Å²) in [7, 11) is 0. The molecule has 0 amide bonds. The van der Waals surface area contributed by atoms with Crippen molar-refractivity contribution in [1.82, 2.24) is 4.98 Å². The topological polar surface area (TPSA) is 30.0 Å². The number of hydrogen-bond acceptors (Lipinski definition) is 3. The summed E-state index contributed by atoms with van der Waals surface area (Å²) in [6.45, 7) is 0. The number of hydrogen-bond donors (Lipinski definition) is 0. The summed E-state index contributed by atoms with van der Waals surface area (Å²) in [5.74, 6) is 1.03. The van der Waals surface area contributed by atoms with E-state index in [-0.39, 0.29) is 5.25 Å². The lowest BCUT2D eigenvalue weighted by molar-refractivity contribution is -0.119. The molecule has 2 saturated carbocycles. The van der Waals surface area contributed by atoms with Gasteiger partial charge in [-0.05, 0) is 48.9 Å². The fourth-order valence-electron chi connectivity index (χ4n) is 3.19. The van der Waals surface area contributed by atoms with E-state index in [9.17, 15) is 4.79 Å². The predicted molar refractivity (Wildman–Crippen MR) is 94.8 cm³/mol. The average Bonchev–Trinajstić information content (AvgIpc) is 3.43. The standard InChI is InChI=1S/C20H21NOS/c22-18-8-4-5-9-19(18)23-20-13-16(14-6-2-1-3-7-14)12-17(21-20)15-10-11-15/h1-3,6-7,12-13,15,19H,4-5,8-11H2. The van der Waals surface area contributed by atoms with E-state index in [0.717, 1.165) is 30.7 Å². The summed E-state index contributed by atoms with van der Waals surface area (Å²) >= 11 is 1.68. The number of Topliss-reactive ketones (excluding diaryl/α,β-unsaturated/α-hetero) is 1. The lowest BCUT2D eigenvalue weighted by Gasteiger charge is -2.20. The van der Waals surface area contributed by atoms with Gasteiger partial charge in [0.25, 0.3) is 0 Å². The van der Waals surface area contributed by atoms with Gasteiger partial charge in [0, 0.05) is 18.0 Å². The number of carbonyl (C=O) groups excluding carboxylic acids is 1. The van der Waals surface area contributed by atoms with Gasteiger partial charge in [-0.1, -0.05) is 48.5 Å². The van der Waals surface area contributed by atoms with Gasteiger partial charge in [-0.2, -0.15) is 0 Å². The molecule has 1 unspecified atom stereocenters. The number of thioether (sulfide) groups is 1. The summed E-state index contributed by atoms with van der Waals surface area (Å²) in [5, 5.41) is 1.13. The fraction of sp³-hybridized carbons (Fsp3) is 0.400. The van der Waals surface area contributed by atoms with Gasteiger partial charge in [-0.15, -0.1) is 0 Å². The molecule has 1 heterocycles. The lowest BCUT2D eigenvalue weighted by atomic mass is 9.99. The highest BCUT2D eigenvalue weighted by atomic mass is 32.2. The average molecular weight is 323 g/mol. The summed E-state index contributed by atoms with van der Waals surface area (Å²) < 4.78 is 0.